The third-order valence-electron chi connectivity index (χ3n) is 5.07. The van der Waals surface area contributed by atoms with Crippen LogP contribution < -0.4 is 16.8 Å². The first-order valence-corrected chi connectivity index (χ1v) is 11.5. The Kier molecular flexibility index (Phi) is 5.36. The molecule has 5 rings (SSSR count). The fourth-order valence-electron chi connectivity index (χ4n) is 3.52. The zero-order chi connectivity index (χ0) is 24.7. The monoisotopic (exact) mass is 503 g/mol. The molecule has 0 fully saturated rings. The number of nitro groups is 1. The lowest BCUT2D eigenvalue weighted by Gasteiger charge is -2.06. The van der Waals surface area contributed by atoms with Gasteiger partial charge in [0, 0.05) is 28.5 Å². The number of carbonyl (C=O) groups is 1. The third kappa shape index (κ3) is 3.82. The van der Waals surface area contributed by atoms with Crippen LogP contribution in [0.2, 0.25) is 0 Å². The average molecular weight is 504 g/mol. The first kappa shape index (κ1) is 22.0. The minimum Gasteiger partial charge on any atom is -0.464 e. The number of non-ortho nitro benzene ring substituents is 1. The van der Waals surface area contributed by atoms with Gasteiger partial charge in [-0.3, -0.25) is 20.2 Å². The largest absolute Gasteiger partial charge is 0.464 e. The predicted octanol–water partition coefficient (Wildman–Crippen LogP) is 4.88. The van der Waals surface area contributed by atoms with Crippen LogP contribution in [0.25, 0.3) is 32.8 Å². The van der Waals surface area contributed by atoms with Crippen LogP contribution in [0.4, 0.5) is 22.3 Å². The van der Waals surface area contributed by atoms with Crippen LogP contribution in [-0.4, -0.2) is 20.8 Å². The van der Waals surface area contributed by atoms with E-state index in [1.54, 1.807) is 29.6 Å². The van der Waals surface area contributed by atoms with Gasteiger partial charge in [-0.1, -0.05) is 12.1 Å². The third-order valence-corrected chi connectivity index (χ3v) is 6.92. The minimum absolute atomic E-state index is 0.00104. The molecule has 0 bridgehead atoms. The van der Waals surface area contributed by atoms with Crippen LogP contribution in [0.3, 0.4) is 0 Å². The van der Waals surface area contributed by atoms with Gasteiger partial charge >= 0.3 is 0 Å². The molecule has 0 radical (unpaired) electrons. The van der Waals surface area contributed by atoms with Crippen LogP contribution in [0, 0.1) is 21.4 Å². The van der Waals surface area contributed by atoms with Gasteiger partial charge in [0.2, 0.25) is 0 Å². The second-order valence-electron chi connectivity index (χ2n) is 7.16. The number of nitriles is 1. The van der Waals surface area contributed by atoms with E-state index in [2.05, 4.69) is 15.3 Å². The molecular formula is C22H13N7O4S2. The summed E-state index contributed by atoms with van der Waals surface area (Å²) in [5.74, 6) is -0.146. The van der Waals surface area contributed by atoms with E-state index < -0.39 is 10.8 Å². The van der Waals surface area contributed by atoms with Gasteiger partial charge in [0.1, 0.15) is 32.9 Å². The van der Waals surface area contributed by atoms with E-state index >= 15 is 0 Å². The number of hydrogen-bond donors (Lipinski definition) is 3. The molecule has 0 aliphatic heterocycles. The predicted molar refractivity (Wildman–Crippen MR) is 133 cm³/mol. The Morgan fingerprint density at radius 2 is 2.06 bits per heavy atom. The Morgan fingerprint density at radius 1 is 1.23 bits per heavy atom. The SMILES string of the molecule is N#Cc1c(N)nc2sc(C(=O)Nc3nc(-c4cccc([N+](=O)[O-])c4)cs3)c(N)c2c1-c1ccco1. The van der Waals surface area contributed by atoms with Crippen LogP contribution in [0.1, 0.15) is 15.2 Å². The van der Waals surface area contributed by atoms with Crippen LogP contribution in [-0.2, 0) is 0 Å². The molecule has 5 aromatic rings. The van der Waals surface area contributed by atoms with Crippen LogP contribution in [0.15, 0.2) is 52.5 Å². The second-order valence-corrected chi connectivity index (χ2v) is 9.02. The highest BCUT2D eigenvalue weighted by Gasteiger charge is 2.26. The summed E-state index contributed by atoms with van der Waals surface area (Å²) in [6.45, 7) is 0. The van der Waals surface area contributed by atoms with Gasteiger partial charge in [0.25, 0.3) is 11.6 Å². The van der Waals surface area contributed by atoms with Gasteiger partial charge in [-0.25, -0.2) is 9.97 Å². The molecule has 0 spiro atoms. The van der Waals surface area contributed by atoms with E-state index in [0.29, 0.717) is 32.8 Å². The molecule has 1 amide bonds. The summed E-state index contributed by atoms with van der Waals surface area (Å²) >= 11 is 2.19. The Balaban J connectivity index is 1.51. The number of furan rings is 1. The molecule has 0 saturated carbocycles. The molecule has 0 saturated heterocycles. The topological polar surface area (TPSA) is 187 Å². The van der Waals surface area contributed by atoms with Gasteiger partial charge in [0.05, 0.1) is 28.1 Å². The Hall–Kier alpha value is -4.80. The smallest absolute Gasteiger partial charge is 0.270 e. The fourth-order valence-corrected chi connectivity index (χ4v) is 5.24. The highest BCUT2D eigenvalue weighted by molar-refractivity contribution is 7.21. The molecule has 0 aliphatic rings. The fraction of sp³-hybridized carbons (Fsp3) is 0. The molecule has 0 atom stereocenters. The van der Waals surface area contributed by atoms with Gasteiger partial charge in [0.15, 0.2) is 5.13 Å². The van der Waals surface area contributed by atoms with Crippen molar-refractivity contribution in [3.8, 4) is 28.7 Å². The number of nitrogens with zero attached hydrogens (tertiary/aromatic N) is 4. The maximum absolute atomic E-state index is 13.1. The number of benzene rings is 1. The van der Waals surface area contributed by atoms with E-state index in [1.807, 2.05) is 6.07 Å². The molecule has 4 heterocycles. The number of pyridine rings is 1. The number of nitrogens with two attached hydrogens (primary N) is 2. The maximum atomic E-state index is 13.1. The van der Waals surface area contributed by atoms with E-state index in [4.69, 9.17) is 15.9 Å². The van der Waals surface area contributed by atoms with E-state index in [1.165, 1.54) is 18.4 Å². The van der Waals surface area contributed by atoms with Crippen molar-refractivity contribution in [3.63, 3.8) is 0 Å². The zero-order valence-electron chi connectivity index (χ0n) is 17.5. The molecule has 11 nitrogen and oxygen atoms in total. The number of carbonyl (C=O) groups excluding carboxylic acids is 1. The number of fused-ring (bicyclic) bond motifs is 1. The first-order valence-electron chi connectivity index (χ1n) is 9.84. The summed E-state index contributed by atoms with van der Waals surface area (Å²) in [6, 6.07) is 11.4. The number of thiophene rings is 1. The van der Waals surface area contributed by atoms with Crippen molar-refractivity contribution in [2.75, 3.05) is 16.8 Å². The molecule has 172 valence electrons. The Morgan fingerprint density at radius 3 is 2.77 bits per heavy atom. The number of nitrogen functional groups attached to an aromatic ring is 2. The lowest BCUT2D eigenvalue weighted by molar-refractivity contribution is -0.384. The van der Waals surface area contributed by atoms with Gasteiger partial charge in [-0.15, -0.1) is 22.7 Å². The molecule has 1 aromatic carbocycles. The van der Waals surface area contributed by atoms with E-state index in [0.717, 1.165) is 22.7 Å². The lowest BCUT2D eigenvalue weighted by atomic mass is 10.0. The zero-order valence-corrected chi connectivity index (χ0v) is 19.1. The number of hydrogen-bond acceptors (Lipinski definition) is 11. The van der Waals surface area contributed by atoms with Crippen LogP contribution >= 0.6 is 22.7 Å². The van der Waals surface area contributed by atoms with Crippen LogP contribution in [0.5, 0.6) is 0 Å². The number of nitro benzene ring substituents is 1. The molecule has 5 N–H and O–H groups in total. The van der Waals surface area contributed by atoms with Crippen molar-refractivity contribution >= 4 is 61.1 Å². The summed E-state index contributed by atoms with van der Waals surface area (Å²) in [5, 5.41) is 25.7. The molecule has 35 heavy (non-hydrogen) atoms. The van der Waals surface area contributed by atoms with Crippen molar-refractivity contribution < 1.29 is 14.1 Å². The maximum Gasteiger partial charge on any atom is 0.270 e. The lowest BCUT2D eigenvalue weighted by Crippen LogP contribution is -2.11. The summed E-state index contributed by atoms with van der Waals surface area (Å²) in [5.41, 5.74) is 13.9. The van der Waals surface area contributed by atoms with E-state index in [-0.39, 0.29) is 32.8 Å². The van der Waals surface area contributed by atoms with Crippen molar-refractivity contribution in [1.82, 2.24) is 9.97 Å². The van der Waals surface area contributed by atoms with Crippen molar-refractivity contribution in [1.29, 1.82) is 5.26 Å². The summed E-state index contributed by atoms with van der Waals surface area (Å²) in [4.78, 5) is 32.8. The normalized spacial score (nSPS) is 10.8. The summed E-state index contributed by atoms with van der Waals surface area (Å²) in [6.07, 6.45) is 1.45. The van der Waals surface area contributed by atoms with Gasteiger partial charge < -0.3 is 15.9 Å². The number of amides is 1. The first-order chi connectivity index (χ1) is 16.9. The van der Waals surface area contributed by atoms with Crippen molar-refractivity contribution in [2.24, 2.45) is 0 Å². The molecule has 0 aliphatic carbocycles. The second kappa shape index (κ2) is 8.52. The number of thiazole rings is 1. The molecule has 4 aromatic heterocycles. The highest BCUT2D eigenvalue weighted by atomic mass is 32.1. The quantitative estimate of drug-likeness (QED) is 0.222. The number of nitrogens with one attached hydrogen (secondary N) is 1. The summed E-state index contributed by atoms with van der Waals surface area (Å²) in [7, 11) is 0. The number of anilines is 3. The number of rotatable bonds is 5. The molecule has 0 unspecified atom stereocenters. The minimum atomic E-state index is -0.520. The van der Waals surface area contributed by atoms with E-state index in [9.17, 15) is 20.2 Å². The summed E-state index contributed by atoms with van der Waals surface area (Å²) < 4.78 is 5.48. The average Bonchev–Trinajstić information content (AvgIpc) is 3.59. The molecule has 13 heteroatoms. The standard InChI is InChI=1S/C22H13N7O4S2/c23-8-12-15(14-5-2-6-33-14)16-17(24)18(35-21(16)27-19(12)25)20(30)28-22-26-13(9-34-22)10-3-1-4-11(7-10)29(31)32/h1-7,9H,24H2,(H2,25,27)(H,26,28,30). The van der Waals surface area contributed by atoms with Gasteiger partial charge in [-0.05, 0) is 12.1 Å². The van der Waals surface area contributed by atoms with Crippen molar-refractivity contribution in [3.05, 3.63) is 68.6 Å². The molecular weight excluding hydrogens is 490 g/mol. The van der Waals surface area contributed by atoms with Crippen molar-refractivity contribution in [2.45, 2.75) is 0 Å². The number of aromatic nitrogens is 2. The Labute approximate surface area is 204 Å². The van der Waals surface area contributed by atoms with Gasteiger partial charge in [-0.2, -0.15) is 5.26 Å². The Bertz CT molecular complexity index is 1670. The highest BCUT2D eigenvalue weighted by Crippen LogP contribution is 2.43.